The third-order valence-electron chi connectivity index (χ3n) is 4.86. The highest BCUT2D eigenvalue weighted by atomic mass is 16.5. The quantitative estimate of drug-likeness (QED) is 0.770. The number of nitrogens with one attached hydrogen (secondary N) is 1. The average molecular weight is 270 g/mol. The molecular weight excluding hydrogens is 236 g/mol. The van der Waals surface area contributed by atoms with Gasteiger partial charge >= 0.3 is 0 Å². The van der Waals surface area contributed by atoms with E-state index in [-0.39, 0.29) is 0 Å². The highest BCUT2D eigenvalue weighted by Crippen LogP contribution is 2.35. The predicted molar refractivity (Wildman–Crippen MR) is 82.6 cm³/mol. The zero-order chi connectivity index (χ0) is 14.5. The van der Waals surface area contributed by atoms with Crippen LogP contribution in [0.5, 0.6) is 0 Å². The second-order valence-electron chi connectivity index (χ2n) is 7.01. The van der Waals surface area contributed by atoms with Crippen LogP contribution < -0.4 is 5.32 Å². The first kappa shape index (κ1) is 16.9. The van der Waals surface area contributed by atoms with Crippen LogP contribution >= 0.6 is 0 Å². The van der Waals surface area contributed by atoms with Gasteiger partial charge in [-0.15, -0.1) is 0 Å². The highest BCUT2D eigenvalue weighted by molar-refractivity contribution is 4.95. The number of rotatable bonds is 7. The lowest BCUT2D eigenvalue weighted by molar-refractivity contribution is 0.0625. The number of likely N-dealkylation sites (N-methyl/N-ethyl adjacent to an activating group) is 1. The van der Waals surface area contributed by atoms with Crippen molar-refractivity contribution in [1.82, 2.24) is 10.2 Å². The van der Waals surface area contributed by atoms with Gasteiger partial charge in [-0.05, 0) is 38.8 Å². The highest BCUT2D eigenvalue weighted by Gasteiger charge is 2.37. The van der Waals surface area contributed by atoms with Crippen LogP contribution in [0.1, 0.15) is 46.5 Å². The largest absolute Gasteiger partial charge is 0.383 e. The third kappa shape index (κ3) is 4.73. The predicted octanol–water partition coefficient (Wildman–Crippen LogP) is 2.76. The summed E-state index contributed by atoms with van der Waals surface area (Å²) in [6.07, 6.45) is 5.37. The molecule has 0 amide bonds. The van der Waals surface area contributed by atoms with Crippen LogP contribution in [-0.2, 0) is 4.74 Å². The maximum atomic E-state index is 5.34. The minimum absolute atomic E-state index is 0.332. The lowest BCUT2D eigenvalue weighted by Gasteiger charge is -2.46. The van der Waals surface area contributed by atoms with E-state index in [0.717, 1.165) is 19.1 Å². The molecule has 0 heterocycles. The van der Waals surface area contributed by atoms with Crippen LogP contribution in [0, 0.1) is 11.8 Å². The summed E-state index contributed by atoms with van der Waals surface area (Å²) in [5.41, 5.74) is 0.332. The van der Waals surface area contributed by atoms with Gasteiger partial charge in [0.15, 0.2) is 0 Å². The molecule has 1 N–H and O–H groups in total. The van der Waals surface area contributed by atoms with Crippen LogP contribution in [0.15, 0.2) is 0 Å². The molecule has 3 nitrogen and oxygen atoms in total. The molecule has 1 rings (SSSR count). The Labute approximate surface area is 120 Å². The van der Waals surface area contributed by atoms with Gasteiger partial charge in [0.1, 0.15) is 0 Å². The average Bonchev–Trinajstić information content (AvgIpc) is 2.34. The Hall–Kier alpha value is -0.120. The third-order valence-corrected chi connectivity index (χ3v) is 4.86. The molecule has 0 aliphatic heterocycles. The minimum Gasteiger partial charge on any atom is -0.383 e. The lowest BCUT2D eigenvalue weighted by Crippen LogP contribution is -2.56. The van der Waals surface area contributed by atoms with Crippen molar-refractivity contribution < 1.29 is 4.74 Å². The molecule has 3 heteroatoms. The Balaban J connectivity index is 2.63. The molecule has 1 fully saturated rings. The Kier molecular flexibility index (Phi) is 6.78. The molecule has 0 radical (unpaired) electrons. The lowest BCUT2D eigenvalue weighted by atomic mass is 9.75. The fourth-order valence-electron chi connectivity index (χ4n) is 3.34. The normalized spacial score (nSPS) is 30.0. The summed E-state index contributed by atoms with van der Waals surface area (Å²) in [4.78, 5) is 2.44. The maximum absolute atomic E-state index is 5.34. The van der Waals surface area contributed by atoms with E-state index in [2.05, 4.69) is 45.1 Å². The van der Waals surface area contributed by atoms with Crippen molar-refractivity contribution in [3.63, 3.8) is 0 Å². The van der Waals surface area contributed by atoms with E-state index in [1.165, 1.54) is 25.7 Å². The standard InChI is InChI=1S/C16H34N2O/c1-13(2)15(11-19-6)17-12-16(18(4)5)9-7-8-14(3)10-16/h13-15,17H,7-12H2,1-6H3. The molecule has 0 aromatic carbocycles. The molecular formula is C16H34N2O. The van der Waals surface area contributed by atoms with Gasteiger partial charge in [0.05, 0.1) is 6.61 Å². The zero-order valence-corrected chi connectivity index (χ0v) is 13.8. The number of ether oxygens (including phenoxy) is 1. The molecule has 0 aromatic heterocycles. The second-order valence-corrected chi connectivity index (χ2v) is 7.01. The van der Waals surface area contributed by atoms with Gasteiger partial charge in [-0.25, -0.2) is 0 Å². The topological polar surface area (TPSA) is 24.5 Å². The molecule has 3 unspecified atom stereocenters. The molecule has 1 aliphatic rings. The van der Waals surface area contributed by atoms with Gasteiger partial charge in [0.25, 0.3) is 0 Å². The first-order valence-corrected chi connectivity index (χ1v) is 7.81. The first-order valence-electron chi connectivity index (χ1n) is 7.81. The Bertz CT molecular complexity index is 255. The molecule has 1 saturated carbocycles. The fourth-order valence-corrected chi connectivity index (χ4v) is 3.34. The van der Waals surface area contributed by atoms with Crippen LogP contribution in [0.2, 0.25) is 0 Å². The van der Waals surface area contributed by atoms with Gasteiger partial charge in [-0.1, -0.05) is 33.6 Å². The number of hydrogen-bond donors (Lipinski definition) is 1. The van der Waals surface area contributed by atoms with Crippen LogP contribution in [0.4, 0.5) is 0 Å². The van der Waals surface area contributed by atoms with Gasteiger partial charge < -0.3 is 15.0 Å². The summed E-state index contributed by atoms with van der Waals surface area (Å²) >= 11 is 0. The summed E-state index contributed by atoms with van der Waals surface area (Å²) in [5, 5.41) is 3.77. The van der Waals surface area contributed by atoms with Crippen molar-refractivity contribution in [3.8, 4) is 0 Å². The van der Waals surface area contributed by atoms with E-state index in [9.17, 15) is 0 Å². The smallest absolute Gasteiger partial charge is 0.0618 e. The van der Waals surface area contributed by atoms with Crippen molar-refractivity contribution in [1.29, 1.82) is 0 Å². The number of methoxy groups -OCH3 is 1. The monoisotopic (exact) mass is 270 g/mol. The summed E-state index contributed by atoms with van der Waals surface area (Å²) in [5.74, 6) is 1.46. The molecule has 0 aromatic rings. The molecule has 3 atom stereocenters. The summed E-state index contributed by atoms with van der Waals surface area (Å²) < 4.78 is 5.34. The Morgan fingerprint density at radius 2 is 2.05 bits per heavy atom. The maximum Gasteiger partial charge on any atom is 0.0618 e. The van der Waals surface area contributed by atoms with E-state index in [1.54, 1.807) is 7.11 Å². The van der Waals surface area contributed by atoms with Crippen molar-refractivity contribution in [3.05, 3.63) is 0 Å². The minimum atomic E-state index is 0.332. The van der Waals surface area contributed by atoms with E-state index in [0.29, 0.717) is 17.5 Å². The summed E-state index contributed by atoms with van der Waals surface area (Å²) in [6.45, 7) is 8.81. The number of nitrogens with zero attached hydrogens (tertiary/aromatic N) is 1. The van der Waals surface area contributed by atoms with Crippen molar-refractivity contribution in [2.75, 3.05) is 34.4 Å². The molecule has 19 heavy (non-hydrogen) atoms. The van der Waals surface area contributed by atoms with Crippen molar-refractivity contribution >= 4 is 0 Å². The molecule has 0 saturated heterocycles. The van der Waals surface area contributed by atoms with Gasteiger partial charge in [-0.3, -0.25) is 0 Å². The summed E-state index contributed by atoms with van der Waals surface area (Å²) in [6, 6.07) is 0.457. The first-order chi connectivity index (χ1) is 8.91. The van der Waals surface area contributed by atoms with Crippen LogP contribution in [-0.4, -0.2) is 50.8 Å². The number of hydrogen-bond acceptors (Lipinski definition) is 3. The molecule has 0 spiro atoms. The van der Waals surface area contributed by atoms with Crippen molar-refractivity contribution in [2.24, 2.45) is 11.8 Å². The Morgan fingerprint density at radius 3 is 2.53 bits per heavy atom. The van der Waals surface area contributed by atoms with E-state index in [4.69, 9.17) is 4.74 Å². The summed E-state index contributed by atoms with van der Waals surface area (Å²) in [7, 11) is 6.27. The molecule has 114 valence electrons. The van der Waals surface area contributed by atoms with Gasteiger partial charge in [-0.2, -0.15) is 0 Å². The Morgan fingerprint density at radius 1 is 1.37 bits per heavy atom. The second kappa shape index (κ2) is 7.61. The van der Waals surface area contributed by atoms with Gasteiger partial charge in [0.2, 0.25) is 0 Å². The van der Waals surface area contributed by atoms with Gasteiger partial charge in [0, 0.05) is 25.2 Å². The van der Waals surface area contributed by atoms with E-state index in [1.807, 2.05) is 0 Å². The SMILES string of the molecule is COCC(NCC1(N(C)C)CCCC(C)C1)C(C)C. The van der Waals surface area contributed by atoms with E-state index < -0.39 is 0 Å². The van der Waals surface area contributed by atoms with Crippen molar-refractivity contribution in [2.45, 2.75) is 58.0 Å². The molecule has 0 bridgehead atoms. The van der Waals surface area contributed by atoms with Crippen LogP contribution in [0.25, 0.3) is 0 Å². The van der Waals surface area contributed by atoms with E-state index >= 15 is 0 Å². The van der Waals surface area contributed by atoms with Crippen LogP contribution in [0.3, 0.4) is 0 Å². The fraction of sp³-hybridized carbons (Fsp3) is 1.00. The molecule has 1 aliphatic carbocycles. The zero-order valence-electron chi connectivity index (χ0n) is 13.8.